The number of nitrogens with zero attached hydrogens (tertiary/aromatic N) is 2. The summed E-state index contributed by atoms with van der Waals surface area (Å²) in [6, 6.07) is -0.851. The monoisotopic (exact) mass is 456 g/mol. The average molecular weight is 456 g/mol. The average Bonchev–Trinajstić information content (AvgIpc) is 2.57. The number of hydrogen-bond donors (Lipinski definition) is 3. The Bertz CT molecular complexity index is 513. The Kier molecular flexibility index (Phi) is 12.0. The van der Waals surface area contributed by atoms with E-state index in [1.807, 2.05) is 7.05 Å². The van der Waals surface area contributed by atoms with Crippen molar-refractivity contribution in [1.29, 1.82) is 0 Å². The molecule has 0 bridgehead atoms. The number of likely N-dealkylation sites (N-methyl/N-ethyl adjacent to an activating group) is 1. The van der Waals surface area contributed by atoms with Crippen molar-refractivity contribution < 1.29 is 51.9 Å². The minimum Gasteiger partial charge on any atom is -0.378 e. The summed E-state index contributed by atoms with van der Waals surface area (Å²) in [4.78, 5) is 50.7. The van der Waals surface area contributed by atoms with Crippen LogP contribution in [0.25, 0.3) is 0 Å². The summed E-state index contributed by atoms with van der Waals surface area (Å²) >= 11 is 0. The van der Waals surface area contributed by atoms with E-state index in [0.29, 0.717) is 26.2 Å². The number of carbonyl (C=O) groups excluding carboxylic acids is 4. The normalized spacial score (nSPS) is 19.7. The Hall–Kier alpha value is -1.03. The number of unbranched alkanes of at least 4 members (excludes halogenated alkanes) is 2. The van der Waals surface area contributed by atoms with Crippen LogP contribution in [0.3, 0.4) is 0 Å². The van der Waals surface area contributed by atoms with Crippen molar-refractivity contribution in [2.24, 2.45) is 0 Å². The number of amides is 5. The van der Waals surface area contributed by atoms with E-state index in [-0.39, 0.29) is 39.3 Å². The van der Waals surface area contributed by atoms with Gasteiger partial charge in [0.2, 0.25) is 0 Å². The Morgan fingerprint density at radius 2 is 1.67 bits per heavy atom. The summed E-state index contributed by atoms with van der Waals surface area (Å²) in [5.74, 6) is -2.05. The van der Waals surface area contributed by atoms with Gasteiger partial charge in [-0.15, -0.1) is 0 Å². The topological polar surface area (TPSA) is 111 Å². The number of nitrogens with one attached hydrogen (secondary N) is 3. The fourth-order valence-electron chi connectivity index (χ4n) is 2.77. The van der Waals surface area contributed by atoms with Gasteiger partial charge in [0.15, 0.2) is 5.54 Å². The first kappa shape index (κ1) is 26.0. The van der Waals surface area contributed by atoms with Crippen LogP contribution in [0.1, 0.15) is 26.2 Å². The van der Waals surface area contributed by atoms with Gasteiger partial charge in [-0.05, 0) is 7.05 Å². The second-order valence-corrected chi connectivity index (χ2v) is 6.37. The minimum atomic E-state index is -1.62. The third-order valence-corrected chi connectivity index (χ3v) is 4.39. The van der Waals surface area contributed by atoms with Gasteiger partial charge < -0.3 is 28.9 Å². The molecule has 0 spiro atoms. The summed E-state index contributed by atoms with van der Waals surface area (Å²) in [5.41, 5.74) is -1.62. The largest absolute Gasteiger partial charge is 0.378 e. The van der Waals surface area contributed by atoms with Gasteiger partial charge >= 0.3 is 6.03 Å². The van der Waals surface area contributed by atoms with Gasteiger partial charge in [-0.3, -0.25) is 25.1 Å². The summed E-state index contributed by atoms with van der Waals surface area (Å²) in [7, 11) is 1.94. The van der Waals surface area contributed by atoms with E-state index < -0.39 is 29.3 Å². The quantitative estimate of drug-likeness (QED) is 0.373. The van der Waals surface area contributed by atoms with Gasteiger partial charge in [-0.2, -0.15) is 6.42 Å². The second-order valence-electron chi connectivity index (χ2n) is 6.37. The molecule has 0 aliphatic carbocycles. The molecule has 0 atom stereocenters. The van der Waals surface area contributed by atoms with Crippen LogP contribution in [0.2, 0.25) is 0 Å². The molecule has 0 saturated carbocycles. The van der Waals surface area contributed by atoms with Crippen LogP contribution in [-0.4, -0.2) is 78.9 Å². The number of piperazine rings is 1. The Morgan fingerprint density at radius 3 is 2.04 bits per heavy atom. The fraction of sp³-hybridized carbons (Fsp3) is 0.647. The molecule has 5 amide bonds. The van der Waals surface area contributed by atoms with Crippen molar-refractivity contribution in [2.75, 3.05) is 39.8 Å². The molecular weight excluding hydrogens is 427 g/mol. The molecule has 1 radical (unpaired) electrons. The maximum absolute atomic E-state index is 12.3. The van der Waals surface area contributed by atoms with E-state index in [1.165, 1.54) is 12.8 Å². The second kappa shape index (κ2) is 12.4. The van der Waals surface area contributed by atoms with Crippen LogP contribution in [0.15, 0.2) is 0 Å². The molecule has 2 heterocycles. The minimum absolute atomic E-state index is 0. The van der Waals surface area contributed by atoms with Crippen molar-refractivity contribution in [3.8, 4) is 0 Å². The van der Waals surface area contributed by atoms with E-state index in [1.54, 1.807) is 4.90 Å². The molecule has 2 rings (SSSR count). The van der Waals surface area contributed by atoms with Gasteiger partial charge in [-0.25, -0.2) is 4.79 Å². The van der Waals surface area contributed by atoms with Crippen molar-refractivity contribution in [1.82, 2.24) is 25.8 Å². The Balaban J connectivity index is 0.00000100. The maximum Gasteiger partial charge on any atom is 0.328 e. The van der Waals surface area contributed by atoms with E-state index in [0.717, 1.165) is 6.42 Å². The molecule has 2 aliphatic heterocycles. The van der Waals surface area contributed by atoms with Crippen LogP contribution < -0.4 is 16.0 Å². The molecule has 0 aromatic heterocycles. The molecule has 2 saturated heterocycles. The van der Waals surface area contributed by atoms with E-state index >= 15 is 0 Å². The van der Waals surface area contributed by atoms with Crippen molar-refractivity contribution in [3.63, 3.8) is 0 Å². The smallest absolute Gasteiger partial charge is 0.328 e. The first-order chi connectivity index (χ1) is 12.3. The Labute approximate surface area is 186 Å². The fourth-order valence-corrected chi connectivity index (χ4v) is 2.77. The number of urea groups is 1. The number of rotatable bonds is 5. The molecular formula is C17H29N5O4Y-2. The summed E-state index contributed by atoms with van der Waals surface area (Å²) < 4.78 is 0. The number of hydrogen-bond acceptors (Lipinski definition) is 6. The number of imide groups is 2. The molecule has 10 heteroatoms. The van der Waals surface area contributed by atoms with Crippen LogP contribution in [-0.2, 0) is 47.1 Å². The first-order valence-corrected chi connectivity index (χ1v) is 8.77. The van der Waals surface area contributed by atoms with Crippen LogP contribution in [0.4, 0.5) is 4.79 Å². The van der Waals surface area contributed by atoms with Crippen LogP contribution in [0.5, 0.6) is 0 Å². The molecule has 0 aromatic rings. The SMILES string of the molecule is [CH2-]C(=O)NCC1(N2CCN(C)CC2)C(=O)NC(=O)NC1=O.[CH2-]CCCC.[Y]. The molecule has 0 unspecified atom stereocenters. The maximum atomic E-state index is 12.3. The summed E-state index contributed by atoms with van der Waals surface area (Å²) in [6.07, 6.45) is 3.65. The number of carbonyl (C=O) groups is 4. The molecule has 2 fully saturated rings. The predicted molar refractivity (Wildman–Crippen MR) is 96.7 cm³/mol. The predicted octanol–water partition coefficient (Wildman–Crippen LogP) is -0.703. The first-order valence-electron chi connectivity index (χ1n) is 8.77. The van der Waals surface area contributed by atoms with Gasteiger partial charge in [0.1, 0.15) is 0 Å². The molecule has 2 aliphatic rings. The standard InChI is InChI=1S/C12H18N5O4.C5H11.Y/c1-8(18)13-7-12(17-5-3-16(2)4-6-17)9(19)14-11(21)15-10(12)20;1-3-5-4-2;/h1,3-7H2,2H3,(H,13,18)(H2,14,15,19,20,21);1,3-5H2,2H3;/q2*-1;. The van der Waals surface area contributed by atoms with Gasteiger partial charge in [0.05, 0.1) is 12.5 Å². The zero-order valence-electron chi connectivity index (χ0n) is 16.2. The Morgan fingerprint density at radius 1 is 1.15 bits per heavy atom. The summed E-state index contributed by atoms with van der Waals surface area (Å²) in [6.45, 7) is 11.1. The third-order valence-electron chi connectivity index (χ3n) is 4.39. The van der Waals surface area contributed by atoms with Gasteiger partial charge in [-0.1, -0.05) is 19.8 Å². The summed E-state index contributed by atoms with van der Waals surface area (Å²) in [5, 5.41) is 6.59. The van der Waals surface area contributed by atoms with Gasteiger partial charge in [0.25, 0.3) is 11.8 Å². The molecule has 0 aromatic carbocycles. The third kappa shape index (κ3) is 7.14. The van der Waals surface area contributed by atoms with Crippen molar-refractivity contribution in [3.05, 3.63) is 13.8 Å². The van der Waals surface area contributed by atoms with Crippen LogP contribution >= 0.6 is 0 Å². The van der Waals surface area contributed by atoms with E-state index in [9.17, 15) is 19.2 Å². The van der Waals surface area contributed by atoms with E-state index in [2.05, 4.69) is 41.6 Å². The van der Waals surface area contributed by atoms with Crippen molar-refractivity contribution in [2.45, 2.75) is 31.7 Å². The van der Waals surface area contributed by atoms with Gasteiger partial charge in [0, 0.05) is 58.9 Å². The molecule has 27 heavy (non-hydrogen) atoms. The zero-order chi connectivity index (χ0) is 19.7. The van der Waals surface area contributed by atoms with Crippen molar-refractivity contribution >= 4 is 23.8 Å². The molecule has 9 nitrogen and oxygen atoms in total. The zero-order valence-corrected chi connectivity index (χ0v) is 19.0. The molecule has 3 N–H and O–H groups in total. The molecule has 151 valence electrons. The van der Waals surface area contributed by atoms with Crippen LogP contribution in [0, 0.1) is 13.8 Å². The van der Waals surface area contributed by atoms with E-state index in [4.69, 9.17) is 0 Å². The number of barbiturate groups is 1.